The highest BCUT2D eigenvalue weighted by Gasteiger charge is 1.93. The average Bonchev–Trinajstić information content (AvgIpc) is 1.83. The first-order valence-corrected chi connectivity index (χ1v) is 2.45. The third-order valence-electron chi connectivity index (χ3n) is 0.585. The number of hydrogen-bond acceptors (Lipinski definition) is 2. The molecule has 0 heterocycles. The van der Waals surface area contributed by atoms with Crippen LogP contribution in [0.1, 0.15) is 13.8 Å². The molecule has 45 valence electrons. The van der Waals surface area contributed by atoms with E-state index in [0.717, 1.165) is 0 Å². The summed E-state index contributed by atoms with van der Waals surface area (Å²) in [5.41, 5.74) is 0. The first-order valence-electron chi connectivity index (χ1n) is 2.45. The van der Waals surface area contributed by atoms with Crippen LogP contribution in [0, 0.1) is 0 Å². The van der Waals surface area contributed by atoms with Crippen LogP contribution in [0.5, 0.6) is 0 Å². The van der Waals surface area contributed by atoms with Gasteiger partial charge in [0, 0.05) is 0 Å². The van der Waals surface area contributed by atoms with Crippen molar-refractivity contribution in [2.24, 2.45) is 0 Å². The molecular formula is C6H9O2. The summed E-state index contributed by atoms with van der Waals surface area (Å²) in [5.74, 6) is 0. The van der Waals surface area contributed by atoms with Crippen LogP contribution in [0.2, 0.25) is 0 Å². The third kappa shape index (κ3) is 3.40. The fourth-order valence-corrected chi connectivity index (χ4v) is 0.224. The van der Waals surface area contributed by atoms with Gasteiger partial charge in [0.05, 0.1) is 6.26 Å². The molecule has 0 aromatic rings. The Morgan fingerprint density at radius 2 is 2.38 bits per heavy atom. The van der Waals surface area contributed by atoms with Crippen molar-refractivity contribution < 1.29 is 9.53 Å². The van der Waals surface area contributed by atoms with Crippen molar-refractivity contribution in [3.05, 3.63) is 12.3 Å². The summed E-state index contributed by atoms with van der Waals surface area (Å²) in [6.07, 6.45) is 4.42. The molecule has 0 N–H and O–H groups in total. The smallest absolute Gasteiger partial charge is 0.242 e. The second-order valence-electron chi connectivity index (χ2n) is 1.37. The molecular weight excluding hydrogens is 104 g/mol. The van der Waals surface area contributed by atoms with E-state index in [-0.39, 0.29) is 0 Å². The van der Waals surface area contributed by atoms with Crippen LogP contribution in [0.25, 0.3) is 0 Å². The molecule has 8 heavy (non-hydrogen) atoms. The van der Waals surface area contributed by atoms with Gasteiger partial charge in [-0.15, -0.1) is 0 Å². The summed E-state index contributed by atoms with van der Waals surface area (Å²) in [6.45, 7) is 3.45. The van der Waals surface area contributed by atoms with Gasteiger partial charge in [-0.25, -0.2) is 0 Å². The third-order valence-corrected chi connectivity index (χ3v) is 0.585. The Kier molecular flexibility index (Phi) is 3.94. The van der Waals surface area contributed by atoms with Gasteiger partial charge in [-0.2, -0.15) is 0 Å². The van der Waals surface area contributed by atoms with E-state index in [4.69, 9.17) is 4.74 Å². The van der Waals surface area contributed by atoms with Gasteiger partial charge in [-0.3, -0.25) is 4.79 Å². The summed E-state index contributed by atoms with van der Waals surface area (Å²) in [7, 11) is 0. The molecule has 0 aliphatic carbocycles. The normalized spacial score (nSPS) is 13.8. The summed E-state index contributed by atoms with van der Waals surface area (Å²) in [4.78, 5) is 9.73. The Morgan fingerprint density at radius 3 is 2.75 bits per heavy atom. The Bertz CT molecular complexity index is 86.5. The molecule has 0 spiro atoms. The maximum Gasteiger partial charge on any atom is 0.242 e. The van der Waals surface area contributed by atoms with E-state index in [2.05, 4.69) is 0 Å². The maximum absolute atomic E-state index is 9.73. The second kappa shape index (κ2) is 4.37. The van der Waals surface area contributed by atoms with Crippen LogP contribution in [0.3, 0.4) is 0 Å². The molecule has 0 saturated carbocycles. The lowest BCUT2D eigenvalue weighted by atomic mass is 10.5. The van der Waals surface area contributed by atoms with E-state index >= 15 is 0 Å². The number of allylic oxidation sites excluding steroid dienone is 1. The molecule has 0 saturated heterocycles. The minimum absolute atomic E-state index is 0.439. The Morgan fingerprint density at radius 1 is 1.75 bits per heavy atom. The zero-order chi connectivity index (χ0) is 6.41. The maximum atomic E-state index is 9.73. The molecule has 0 aliphatic heterocycles. The predicted octanol–water partition coefficient (Wildman–Crippen LogP) is 1.03. The number of ether oxygens (including phenoxy) is 1. The Balaban J connectivity index is 3.23. The minimum Gasteiger partial charge on any atom is -0.490 e. The van der Waals surface area contributed by atoms with E-state index in [1.54, 1.807) is 19.3 Å². The van der Waals surface area contributed by atoms with Crippen LogP contribution in [0.4, 0.5) is 0 Å². The lowest BCUT2D eigenvalue weighted by Gasteiger charge is -1.98. The highest BCUT2D eigenvalue weighted by atomic mass is 16.5. The van der Waals surface area contributed by atoms with Crippen molar-refractivity contribution in [1.29, 1.82) is 0 Å². The molecule has 0 aromatic carbocycles. The molecule has 2 heteroatoms. The van der Waals surface area contributed by atoms with Gasteiger partial charge in [-0.1, -0.05) is 6.08 Å². The Labute approximate surface area is 49.1 Å². The summed E-state index contributed by atoms with van der Waals surface area (Å²) in [5, 5.41) is 0. The fraction of sp³-hybridized carbons (Fsp3) is 0.500. The monoisotopic (exact) mass is 113 g/mol. The number of carbonyl (C=O) groups excluding carboxylic acids is 1. The van der Waals surface area contributed by atoms with Gasteiger partial charge in [0.15, 0.2) is 6.10 Å². The highest BCUT2D eigenvalue weighted by Crippen LogP contribution is 1.84. The lowest BCUT2D eigenvalue weighted by molar-refractivity contribution is 0.214. The summed E-state index contributed by atoms with van der Waals surface area (Å²) < 4.78 is 4.74. The molecule has 0 rings (SSSR count). The van der Waals surface area contributed by atoms with E-state index < -0.39 is 6.10 Å². The van der Waals surface area contributed by atoms with Crippen LogP contribution in [-0.4, -0.2) is 12.4 Å². The summed E-state index contributed by atoms with van der Waals surface area (Å²) in [6, 6.07) is 0. The Hall–Kier alpha value is -0.790. The largest absolute Gasteiger partial charge is 0.490 e. The van der Waals surface area contributed by atoms with Crippen LogP contribution in [0.15, 0.2) is 12.3 Å². The topological polar surface area (TPSA) is 26.3 Å². The predicted molar refractivity (Wildman–Crippen MR) is 31.1 cm³/mol. The molecule has 1 unspecified atom stereocenters. The van der Waals surface area contributed by atoms with Gasteiger partial charge in [0.2, 0.25) is 6.29 Å². The zero-order valence-electron chi connectivity index (χ0n) is 5.05. The molecule has 0 amide bonds. The van der Waals surface area contributed by atoms with Crippen LogP contribution in [-0.2, 0) is 9.53 Å². The molecule has 0 bridgehead atoms. The minimum atomic E-state index is -0.439. The van der Waals surface area contributed by atoms with E-state index in [0.29, 0.717) is 0 Å². The molecule has 1 radical (unpaired) electrons. The van der Waals surface area contributed by atoms with Gasteiger partial charge < -0.3 is 4.74 Å². The molecule has 2 nitrogen and oxygen atoms in total. The van der Waals surface area contributed by atoms with Crippen molar-refractivity contribution in [3.8, 4) is 0 Å². The highest BCUT2D eigenvalue weighted by molar-refractivity contribution is 5.56. The van der Waals surface area contributed by atoms with Gasteiger partial charge in [0.25, 0.3) is 0 Å². The summed E-state index contributed by atoms with van der Waals surface area (Å²) >= 11 is 0. The zero-order valence-corrected chi connectivity index (χ0v) is 5.05. The van der Waals surface area contributed by atoms with E-state index in [1.807, 2.05) is 6.92 Å². The van der Waals surface area contributed by atoms with Gasteiger partial charge in [-0.05, 0) is 13.8 Å². The van der Waals surface area contributed by atoms with Crippen molar-refractivity contribution in [3.63, 3.8) is 0 Å². The van der Waals surface area contributed by atoms with E-state index in [1.165, 1.54) is 6.26 Å². The van der Waals surface area contributed by atoms with Crippen molar-refractivity contribution in [2.75, 3.05) is 0 Å². The number of rotatable bonds is 3. The SMILES string of the molecule is C/C=C\OC(C)[C]=O. The van der Waals surface area contributed by atoms with Crippen molar-refractivity contribution in [1.82, 2.24) is 0 Å². The average molecular weight is 113 g/mol. The quantitative estimate of drug-likeness (QED) is 0.511. The molecule has 0 fully saturated rings. The second-order valence-corrected chi connectivity index (χ2v) is 1.37. The molecule has 0 aromatic heterocycles. The van der Waals surface area contributed by atoms with Crippen molar-refractivity contribution >= 4 is 6.29 Å². The number of hydrogen-bond donors (Lipinski definition) is 0. The first kappa shape index (κ1) is 7.21. The fourth-order valence-electron chi connectivity index (χ4n) is 0.224. The molecule has 1 atom stereocenters. The molecule has 0 aliphatic rings. The standard InChI is InChI=1S/C6H9O2/c1-3-4-8-6(2)5-7/h3-4,6H,1-2H3/b4-3-. The first-order chi connectivity index (χ1) is 3.81. The van der Waals surface area contributed by atoms with Crippen molar-refractivity contribution in [2.45, 2.75) is 20.0 Å². The van der Waals surface area contributed by atoms with Crippen LogP contribution >= 0.6 is 0 Å². The van der Waals surface area contributed by atoms with Gasteiger partial charge in [0.1, 0.15) is 0 Å². The van der Waals surface area contributed by atoms with E-state index in [9.17, 15) is 4.79 Å². The van der Waals surface area contributed by atoms with Gasteiger partial charge >= 0.3 is 0 Å². The lowest BCUT2D eigenvalue weighted by Crippen LogP contribution is -2.03. The van der Waals surface area contributed by atoms with Crippen LogP contribution < -0.4 is 0 Å².